The van der Waals surface area contributed by atoms with Crippen LogP contribution in [0.4, 0.5) is 0 Å². The van der Waals surface area contributed by atoms with Crippen molar-refractivity contribution < 1.29 is 4.79 Å². The number of aromatic nitrogens is 2. The van der Waals surface area contributed by atoms with Crippen LogP contribution in [0.5, 0.6) is 0 Å². The van der Waals surface area contributed by atoms with Gasteiger partial charge in [-0.05, 0) is 58.3 Å². The fourth-order valence-electron chi connectivity index (χ4n) is 4.41. The van der Waals surface area contributed by atoms with Crippen molar-refractivity contribution in [3.8, 4) is 0 Å². The van der Waals surface area contributed by atoms with Crippen molar-refractivity contribution in [3.63, 3.8) is 0 Å². The molecule has 140 valence electrons. The molecule has 1 aliphatic heterocycles. The number of nitrogens with zero attached hydrogens (tertiary/aromatic N) is 3. The van der Waals surface area contributed by atoms with Crippen molar-refractivity contribution in [2.24, 2.45) is 5.92 Å². The Morgan fingerprint density at radius 3 is 2.96 bits per heavy atom. The Morgan fingerprint density at radius 1 is 1.44 bits per heavy atom. The number of likely N-dealkylation sites (N-methyl/N-ethyl adjacent to an activating group) is 1. The van der Waals surface area contributed by atoms with Crippen LogP contribution < -0.4 is 10.6 Å². The zero-order valence-electron chi connectivity index (χ0n) is 15.9. The van der Waals surface area contributed by atoms with Crippen LogP contribution >= 0.6 is 0 Å². The van der Waals surface area contributed by atoms with Gasteiger partial charge in [-0.15, -0.1) is 0 Å². The molecule has 2 heterocycles. The van der Waals surface area contributed by atoms with Crippen LogP contribution in [0.15, 0.2) is 12.3 Å². The molecule has 0 radical (unpaired) electrons. The molecule has 2 aliphatic rings. The van der Waals surface area contributed by atoms with Gasteiger partial charge in [-0.3, -0.25) is 9.48 Å². The second-order valence-electron chi connectivity index (χ2n) is 8.18. The predicted molar refractivity (Wildman–Crippen MR) is 99.8 cm³/mol. The summed E-state index contributed by atoms with van der Waals surface area (Å²) in [5.74, 6) is 0.660. The Kier molecular flexibility index (Phi) is 5.79. The molecular weight excluding hydrogens is 314 g/mol. The highest BCUT2D eigenvalue weighted by molar-refractivity contribution is 5.92. The molecule has 1 aromatic heterocycles. The predicted octanol–water partition coefficient (Wildman–Crippen LogP) is 2.05. The van der Waals surface area contributed by atoms with Crippen molar-refractivity contribution in [2.45, 2.75) is 57.0 Å². The maximum absolute atomic E-state index is 12.6. The first-order chi connectivity index (χ1) is 12.0. The summed E-state index contributed by atoms with van der Waals surface area (Å²) in [6.45, 7) is 5.03. The van der Waals surface area contributed by atoms with E-state index in [-0.39, 0.29) is 11.4 Å². The summed E-state index contributed by atoms with van der Waals surface area (Å²) >= 11 is 0. The molecule has 1 amide bonds. The van der Waals surface area contributed by atoms with E-state index in [2.05, 4.69) is 41.7 Å². The Morgan fingerprint density at radius 2 is 2.28 bits per heavy atom. The van der Waals surface area contributed by atoms with Crippen molar-refractivity contribution in [3.05, 3.63) is 18.0 Å². The lowest BCUT2D eigenvalue weighted by atomic mass is 9.75. The highest BCUT2D eigenvalue weighted by Gasteiger charge is 2.37. The molecule has 1 aliphatic carbocycles. The third kappa shape index (κ3) is 4.23. The molecule has 6 nitrogen and oxygen atoms in total. The first kappa shape index (κ1) is 18.4. The van der Waals surface area contributed by atoms with Gasteiger partial charge in [0.25, 0.3) is 5.91 Å². The average molecular weight is 348 g/mol. The molecule has 0 spiro atoms. The second kappa shape index (κ2) is 7.87. The number of piperidine rings is 1. The number of carbonyl (C=O) groups excluding carboxylic acids is 1. The third-order valence-electron chi connectivity index (χ3n) is 6.08. The van der Waals surface area contributed by atoms with E-state index in [1.165, 1.54) is 12.8 Å². The van der Waals surface area contributed by atoms with Gasteiger partial charge < -0.3 is 15.5 Å². The van der Waals surface area contributed by atoms with Crippen LogP contribution in [0, 0.1) is 5.92 Å². The maximum Gasteiger partial charge on any atom is 0.271 e. The van der Waals surface area contributed by atoms with E-state index in [0.29, 0.717) is 24.2 Å². The van der Waals surface area contributed by atoms with Gasteiger partial charge in [-0.1, -0.05) is 19.8 Å². The molecule has 1 saturated carbocycles. The minimum Gasteiger partial charge on any atom is -0.349 e. The van der Waals surface area contributed by atoms with Gasteiger partial charge in [0, 0.05) is 24.8 Å². The molecule has 0 aromatic carbocycles. The van der Waals surface area contributed by atoms with Crippen molar-refractivity contribution >= 4 is 5.91 Å². The lowest BCUT2D eigenvalue weighted by molar-refractivity contribution is 0.0672. The van der Waals surface area contributed by atoms with E-state index < -0.39 is 0 Å². The molecule has 0 bridgehead atoms. The van der Waals surface area contributed by atoms with E-state index in [9.17, 15) is 4.79 Å². The molecule has 1 saturated heterocycles. The standard InChI is InChI=1S/C19H33N5O/c1-15-6-4-9-19(12-15,23(2)3)14-21-18(25)17-8-11-24(22-17)16-7-5-10-20-13-16/h8,11,15-16,20H,4-7,9-10,12-14H2,1-3H3,(H,21,25). The normalized spacial score (nSPS) is 30.4. The number of nitrogens with one attached hydrogen (secondary N) is 2. The molecule has 3 unspecified atom stereocenters. The van der Waals surface area contributed by atoms with Crippen LogP contribution in [0.3, 0.4) is 0 Å². The Balaban J connectivity index is 1.60. The number of rotatable bonds is 5. The fourth-order valence-corrected chi connectivity index (χ4v) is 4.41. The van der Waals surface area contributed by atoms with Gasteiger partial charge in [0.1, 0.15) is 5.69 Å². The second-order valence-corrected chi connectivity index (χ2v) is 8.18. The summed E-state index contributed by atoms with van der Waals surface area (Å²) in [5, 5.41) is 11.1. The Labute approximate surface area is 151 Å². The SMILES string of the molecule is CC1CCCC(CNC(=O)c2ccn(C3CCCNC3)n2)(N(C)C)C1. The van der Waals surface area contributed by atoms with Crippen molar-refractivity contribution in [2.75, 3.05) is 33.7 Å². The van der Waals surface area contributed by atoms with Gasteiger partial charge >= 0.3 is 0 Å². The van der Waals surface area contributed by atoms with Crippen LogP contribution in [0.2, 0.25) is 0 Å². The number of carbonyl (C=O) groups is 1. The van der Waals surface area contributed by atoms with E-state index in [0.717, 1.165) is 38.8 Å². The Hall–Kier alpha value is -1.40. The Bertz CT molecular complexity index is 578. The smallest absolute Gasteiger partial charge is 0.271 e. The lowest BCUT2D eigenvalue weighted by Gasteiger charge is -2.45. The lowest BCUT2D eigenvalue weighted by Crippen LogP contribution is -2.55. The van der Waals surface area contributed by atoms with Crippen LogP contribution in [0.1, 0.15) is 62.0 Å². The number of amides is 1. The zero-order chi connectivity index (χ0) is 17.9. The summed E-state index contributed by atoms with van der Waals surface area (Å²) in [5.41, 5.74) is 0.603. The first-order valence-corrected chi connectivity index (χ1v) is 9.72. The van der Waals surface area contributed by atoms with Crippen molar-refractivity contribution in [1.29, 1.82) is 0 Å². The molecular formula is C19H33N5O. The highest BCUT2D eigenvalue weighted by atomic mass is 16.2. The van der Waals surface area contributed by atoms with Gasteiger partial charge in [-0.25, -0.2) is 0 Å². The van der Waals surface area contributed by atoms with Crippen LogP contribution in [0.25, 0.3) is 0 Å². The van der Waals surface area contributed by atoms with E-state index in [4.69, 9.17) is 0 Å². The molecule has 25 heavy (non-hydrogen) atoms. The van der Waals surface area contributed by atoms with Gasteiger partial charge in [0.2, 0.25) is 0 Å². The monoisotopic (exact) mass is 347 g/mol. The summed E-state index contributed by atoms with van der Waals surface area (Å²) in [4.78, 5) is 14.9. The topological polar surface area (TPSA) is 62.2 Å². The van der Waals surface area contributed by atoms with Crippen molar-refractivity contribution in [1.82, 2.24) is 25.3 Å². The minimum atomic E-state index is -0.0537. The van der Waals surface area contributed by atoms with Crippen LogP contribution in [-0.4, -0.2) is 59.9 Å². The van der Waals surface area contributed by atoms with Crippen LogP contribution in [-0.2, 0) is 0 Å². The van der Waals surface area contributed by atoms with E-state index in [1.807, 2.05) is 16.9 Å². The van der Waals surface area contributed by atoms with E-state index in [1.54, 1.807) is 0 Å². The molecule has 1 aromatic rings. The number of hydrogen-bond acceptors (Lipinski definition) is 4. The largest absolute Gasteiger partial charge is 0.349 e. The maximum atomic E-state index is 12.6. The summed E-state index contributed by atoms with van der Waals surface area (Å²) < 4.78 is 1.95. The quantitative estimate of drug-likeness (QED) is 0.856. The third-order valence-corrected chi connectivity index (χ3v) is 6.08. The minimum absolute atomic E-state index is 0.0537. The highest BCUT2D eigenvalue weighted by Crippen LogP contribution is 2.35. The summed E-state index contributed by atoms with van der Waals surface area (Å²) in [6.07, 6.45) is 9.04. The zero-order valence-corrected chi connectivity index (χ0v) is 15.9. The van der Waals surface area contributed by atoms with Gasteiger partial charge in [-0.2, -0.15) is 5.10 Å². The first-order valence-electron chi connectivity index (χ1n) is 9.72. The molecule has 2 N–H and O–H groups in total. The van der Waals surface area contributed by atoms with Gasteiger partial charge in [0.05, 0.1) is 6.04 Å². The van der Waals surface area contributed by atoms with Gasteiger partial charge in [0.15, 0.2) is 0 Å². The molecule has 3 atom stereocenters. The fraction of sp³-hybridized carbons (Fsp3) is 0.789. The van der Waals surface area contributed by atoms with E-state index >= 15 is 0 Å². The summed E-state index contributed by atoms with van der Waals surface area (Å²) in [7, 11) is 4.27. The summed E-state index contributed by atoms with van der Waals surface area (Å²) in [6, 6.07) is 2.21. The molecule has 3 rings (SSSR count). The molecule has 6 heteroatoms. The molecule has 2 fully saturated rings. The number of hydrogen-bond donors (Lipinski definition) is 2. The average Bonchev–Trinajstić information content (AvgIpc) is 3.10.